The Bertz CT molecular complexity index is 896. The van der Waals surface area contributed by atoms with Crippen LogP contribution in [0.15, 0.2) is 42.5 Å². The van der Waals surface area contributed by atoms with Gasteiger partial charge in [-0.05, 0) is 41.5 Å². The standard InChI is InChI=1S/C20H19FO9/c21-15-17(24)16(23)14(8-22)30-20(15)29-13-3-1-9(2-4-13)10-5-11(18(25)26)7-12(6-10)19(27)28/h1-7,14-17,20,22-24H,8H2,(H,25,26)(H,27,28)/t14-,15+,16-,17-,20+/m1/s1. The molecule has 5 atom stereocenters. The molecule has 2 aromatic carbocycles. The maximum absolute atomic E-state index is 14.2. The number of hydrogen-bond acceptors (Lipinski definition) is 7. The number of alkyl halides is 1. The highest BCUT2D eigenvalue weighted by Crippen LogP contribution is 2.29. The van der Waals surface area contributed by atoms with Crippen molar-refractivity contribution in [2.45, 2.75) is 30.8 Å². The number of benzene rings is 2. The fourth-order valence-corrected chi connectivity index (χ4v) is 3.04. The molecule has 0 saturated carbocycles. The Morgan fingerprint density at radius 1 is 0.933 bits per heavy atom. The summed E-state index contributed by atoms with van der Waals surface area (Å²) in [6.45, 7) is -0.643. The molecule has 0 aromatic heterocycles. The largest absolute Gasteiger partial charge is 0.478 e. The van der Waals surface area contributed by atoms with Crippen molar-refractivity contribution in [3.8, 4) is 16.9 Å². The molecule has 1 aliphatic heterocycles. The van der Waals surface area contributed by atoms with Crippen molar-refractivity contribution in [1.29, 1.82) is 0 Å². The summed E-state index contributed by atoms with van der Waals surface area (Å²) >= 11 is 0. The van der Waals surface area contributed by atoms with Crippen LogP contribution in [-0.4, -0.2) is 74.9 Å². The summed E-state index contributed by atoms with van der Waals surface area (Å²) in [4.78, 5) is 22.5. The average molecular weight is 422 g/mol. The molecule has 1 aliphatic rings. The molecule has 2 aromatic rings. The molecule has 3 rings (SSSR count). The number of carboxylic acid groups (broad SMARTS) is 2. The van der Waals surface area contributed by atoms with Crippen molar-refractivity contribution in [2.24, 2.45) is 0 Å². The molecule has 0 unspecified atom stereocenters. The molecule has 0 radical (unpaired) electrons. The van der Waals surface area contributed by atoms with Gasteiger partial charge in [0, 0.05) is 0 Å². The van der Waals surface area contributed by atoms with Crippen LogP contribution in [0.4, 0.5) is 4.39 Å². The van der Waals surface area contributed by atoms with Crippen molar-refractivity contribution >= 4 is 11.9 Å². The summed E-state index contributed by atoms with van der Waals surface area (Å²) in [6, 6.07) is 9.53. The molecule has 160 valence electrons. The number of aromatic carboxylic acids is 2. The quantitative estimate of drug-likeness (QED) is 0.457. The van der Waals surface area contributed by atoms with Gasteiger partial charge in [0.2, 0.25) is 6.29 Å². The second kappa shape index (κ2) is 8.76. The third kappa shape index (κ3) is 4.41. The van der Waals surface area contributed by atoms with Crippen LogP contribution in [0, 0.1) is 0 Å². The summed E-state index contributed by atoms with van der Waals surface area (Å²) in [5, 5.41) is 46.9. The first kappa shape index (κ1) is 21.7. The third-order valence-corrected chi connectivity index (χ3v) is 4.67. The molecule has 0 aliphatic carbocycles. The second-order valence-corrected chi connectivity index (χ2v) is 6.70. The lowest BCUT2D eigenvalue weighted by atomic mass is 9.99. The molecule has 0 bridgehead atoms. The summed E-state index contributed by atoms with van der Waals surface area (Å²) in [5.74, 6) is -2.41. The minimum Gasteiger partial charge on any atom is -0.478 e. The van der Waals surface area contributed by atoms with E-state index in [1.165, 1.54) is 36.4 Å². The van der Waals surface area contributed by atoms with Gasteiger partial charge in [0.15, 0.2) is 6.17 Å². The average Bonchev–Trinajstić information content (AvgIpc) is 2.74. The first-order valence-electron chi connectivity index (χ1n) is 8.86. The van der Waals surface area contributed by atoms with E-state index in [1.54, 1.807) is 0 Å². The van der Waals surface area contributed by atoms with E-state index in [9.17, 15) is 39.5 Å². The van der Waals surface area contributed by atoms with Crippen LogP contribution in [0.3, 0.4) is 0 Å². The number of ether oxygens (including phenoxy) is 2. The van der Waals surface area contributed by atoms with Gasteiger partial charge in [0.25, 0.3) is 0 Å². The fourth-order valence-electron chi connectivity index (χ4n) is 3.04. The van der Waals surface area contributed by atoms with E-state index in [0.717, 1.165) is 6.07 Å². The van der Waals surface area contributed by atoms with Gasteiger partial charge in [0.05, 0.1) is 17.7 Å². The predicted octanol–water partition coefficient (Wildman–Crippen LogP) is 0.906. The van der Waals surface area contributed by atoms with Crippen LogP contribution >= 0.6 is 0 Å². The van der Waals surface area contributed by atoms with E-state index in [0.29, 0.717) is 11.1 Å². The van der Waals surface area contributed by atoms with Gasteiger partial charge in [-0.25, -0.2) is 14.0 Å². The van der Waals surface area contributed by atoms with Crippen molar-refractivity contribution < 1.29 is 49.0 Å². The van der Waals surface area contributed by atoms with E-state index >= 15 is 0 Å². The van der Waals surface area contributed by atoms with Crippen LogP contribution in [0.1, 0.15) is 20.7 Å². The molecular formula is C20H19FO9. The summed E-state index contributed by atoms with van der Waals surface area (Å²) < 4.78 is 24.7. The molecule has 1 heterocycles. The predicted molar refractivity (Wildman–Crippen MR) is 99.1 cm³/mol. The Balaban J connectivity index is 1.82. The topological polar surface area (TPSA) is 154 Å². The van der Waals surface area contributed by atoms with Crippen LogP contribution < -0.4 is 4.74 Å². The van der Waals surface area contributed by atoms with E-state index in [-0.39, 0.29) is 16.9 Å². The molecule has 30 heavy (non-hydrogen) atoms. The zero-order valence-electron chi connectivity index (χ0n) is 15.4. The highest BCUT2D eigenvalue weighted by molar-refractivity contribution is 5.96. The maximum atomic E-state index is 14.2. The third-order valence-electron chi connectivity index (χ3n) is 4.67. The van der Waals surface area contributed by atoms with Crippen LogP contribution in [0.25, 0.3) is 11.1 Å². The highest BCUT2D eigenvalue weighted by Gasteiger charge is 2.46. The van der Waals surface area contributed by atoms with Crippen LogP contribution in [0.5, 0.6) is 5.75 Å². The molecule has 1 saturated heterocycles. The van der Waals surface area contributed by atoms with Crippen molar-refractivity contribution in [2.75, 3.05) is 6.61 Å². The lowest BCUT2D eigenvalue weighted by Gasteiger charge is -2.38. The van der Waals surface area contributed by atoms with Gasteiger partial charge < -0.3 is 35.0 Å². The number of hydrogen-bond donors (Lipinski definition) is 5. The Morgan fingerprint density at radius 3 is 2.00 bits per heavy atom. The number of carboxylic acids is 2. The molecular weight excluding hydrogens is 403 g/mol. The van der Waals surface area contributed by atoms with E-state index in [1.807, 2.05) is 0 Å². The maximum Gasteiger partial charge on any atom is 0.335 e. The molecule has 9 nitrogen and oxygen atoms in total. The lowest BCUT2D eigenvalue weighted by molar-refractivity contribution is -0.261. The number of carbonyl (C=O) groups is 2. The van der Waals surface area contributed by atoms with Gasteiger partial charge in [-0.1, -0.05) is 12.1 Å². The van der Waals surface area contributed by atoms with Gasteiger partial charge in [-0.15, -0.1) is 0 Å². The number of aliphatic hydroxyl groups excluding tert-OH is 3. The van der Waals surface area contributed by atoms with E-state index in [2.05, 4.69) is 0 Å². The summed E-state index contributed by atoms with van der Waals surface area (Å²) in [6.07, 6.45) is -8.25. The van der Waals surface area contributed by atoms with Gasteiger partial charge in [0.1, 0.15) is 24.1 Å². The normalized spacial score (nSPS) is 26.2. The Hall–Kier alpha value is -3.05. The first-order chi connectivity index (χ1) is 14.2. The number of halogens is 1. The second-order valence-electron chi connectivity index (χ2n) is 6.70. The monoisotopic (exact) mass is 422 g/mol. The number of aliphatic hydroxyl groups is 3. The van der Waals surface area contributed by atoms with Crippen molar-refractivity contribution in [1.82, 2.24) is 0 Å². The minimum atomic E-state index is -2.06. The SMILES string of the molecule is O=C(O)c1cc(C(=O)O)cc(-c2ccc(O[C@H]3O[C@H](CO)[C@@H](O)[C@H](O)[C@@H]3F)cc2)c1. The molecule has 0 amide bonds. The van der Waals surface area contributed by atoms with E-state index in [4.69, 9.17) is 9.47 Å². The zero-order chi connectivity index (χ0) is 22.0. The highest BCUT2D eigenvalue weighted by atomic mass is 19.1. The zero-order valence-corrected chi connectivity index (χ0v) is 15.4. The Morgan fingerprint density at radius 2 is 1.50 bits per heavy atom. The smallest absolute Gasteiger partial charge is 0.335 e. The van der Waals surface area contributed by atoms with E-state index < -0.39 is 49.3 Å². The first-order valence-corrected chi connectivity index (χ1v) is 8.86. The summed E-state index contributed by atoms with van der Waals surface area (Å²) in [7, 11) is 0. The molecule has 1 fully saturated rings. The molecule has 10 heteroatoms. The Labute approximate surface area is 169 Å². The minimum absolute atomic E-state index is 0.138. The Kier molecular flexibility index (Phi) is 6.32. The lowest BCUT2D eigenvalue weighted by Crippen LogP contribution is -2.58. The van der Waals surface area contributed by atoms with Gasteiger partial charge in [-0.2, -0.15) is 0 Å². The van der Waals surface area contributed by atoms with Crippen molar-refractivity contribution in [3.63, 3.8) is 0 Å². The molecule has 5 N–H and O–H groups in total. The van der Waals surface area contributed by atoms with Crippen LogP contribution in [-0.2, 0) is 4.74 Å². The molecule has 0 spiro atoms. The summed E-state index contributed by atoms with van der Waals surface area (Å²) in [5.41, 5.74) is 0.445. The number of rotatable bonds is 6. The fraction of sp³-hybridized carbons (Fsp3) is 0.300. The van der Waals surface area contributed by atoms with Crippen LogP contribution in [0.2, 0.25) is 0 Å². The van der Waals surface area contributed by atoms with Gasteiger partial charge in [-0.3, -0.25) is 0 Å². The van der Waals surface area contributed by atoms with Gasteiger partial charge >= 0.3 is 11.9 Å². The van der Waals surface area contributed by atoms with Crippen molar-refractivity contribution in [3.05, 3.63) is 53.6 Å².